The normalized spacial score (nSPS) is 10.1. The van der Waals surface area contributed by atoms with Crippen LogP contribution in [-0.4, -0.2) is 6.54 Å². The van der Waals surface area contributed by atoms with Gasteiger partial charge in [-0.15, -0.1) is 0 Å². The van der Waals surface area contributed by atoms with Crippen molar-refractivity contribution in [2.24, 2.45) is 0 Å². The Kier molecular flexibility index (Phi) is 3.63. The molecule has 0 aliphatic heterocycles. The van der Waals surface area contributed by atoms with Crippen LogP contribution in [0.5, 0.6) is 0 Å². The number of nitrogens with zero attached hydrogens (tertiary/aromatic N) is 2. The molecule has 2 aromatic rings. The first-order chi connectivity index (χ1) is 8.74. The SMILES string of the molecule is CCN(Cc1ccco1)c1ccc(C#N)cc1F. The van der Waals surface area contributed by atoms with Gasteiger partial charge >= 0.3 is 0 Å². The fourth-order valence-electron chi connectivity index (χ4n) is 1.79. The van der Waals surface area contributed by atoms with Crippen LogP contribution in [0.3, 0.4) is 0 Å². The second kappa shape index (κ2) is 5.37. The van der Waals surface area contributed by atoms with Gasteiger partial charge in [0.25, 0.3) is 0 Å². The van der Waals surface area contributed by atoms with Crippen LogP contribution < -0.4 is 4.90 Å². The Morgan fingerprint density at radius 1 is 1.39 bits per heavy atom. The molecule has 0 fully saturated rings. The molecular formula is C14H13FN2O. The molecule has 0 unspecified atom stereocenters. The Morgan fingerprint density at radius 2 is 2.22 bits per heavy atom. The van der Waals surface area contributed by atoms with E-state index in [9.17, 15) is 4.39 Å². The van der Waals surface area contributed by atoms with Gasteiger partial charge in [-0.3, -0.25) is 0 Å². The van der Waals surface area contributed by atoms with Crippen molar-refractivity contribution in [1.82, 2.24) is 0 Å². The lowest BCUT2D eigenvalue weighted by Crippen LogP contribution is -2.22. The minimum absolute atomic E-state index is 0.324. The van der Waals surface area contributed by atoms with Crippen molar-refractivity contribution in [1.29, 1.82) is 5.26 Å². The summed E-state index contributed by atoms with van der Waals surface area (Å²) in [5, 5.41) is 8.71. The van der Waals surface area contributed by atoms with Crippen LogP contribution in [0.4, 0.5) is 10.1 Å². The first-order valence-corrected chi connectivity index (χ1v) is 5.71. The van der Waals surface area contributed by atoms with Crippen molar-refractivity contribution >= 4 is 5.69 Å². The molecule has 92 valence electrons. The first-order valence-electron chi connectivity index (χ1n) is 5.71. The smallest absolute Gasteiger partial charge is 0.147 e. The number of nitriles is 1. The van der Waals surface area contributed by atoms with E-state index >= 15 is 0 Å². The summed E-state index contributed by atoms with van der Waals surface area (Å²) >= 11 is 0. The van der Waals surface area contributed by atoms with Crippen LogP contribution in [-0.2, 0) is 6.54 Å². The number of hydrogen-bond donors (Lipinski definition) is 0. The molecule has 1 aromatic heterocycles. The number of benzene rings is 1. The predicted octanol–water partition coefficient (Wildman–Crippen LogP) is 3.32. The number of anilines is 1. The Labute approximate surface area is 105 Å². The lowest BCUT2D eigenvalue weighted by Gasteiger charge is -2.22. The molecule has 0 aliphatic carbocycles. The van der Waals surface area contributed by atoms with Gasteiger partial charge in [-0.25, -0.2) is 4.39 Å². The van der Waals surface area contributed by atoms with Crippen LogP contribution in [0.1, 0.15) is 18.2 Å². The summed E-state index contributed by atoms with van der Waals surface area (Å²) < 4.78 is 19.1. The molecule has 0 amide bonds. The first kappa shape index (κ1) is 12.2. The van der Waals surface area contributed by atoms with Crippen LogP contribution in [0.2, 0.25) is 0 Å². The van der Waals surface area contributed by atoms with E-state index < -0.39 is 0 Å². The summed E-state index contributed by atoms with van der Waals surface area (Å²) in [7, 11) is 0. The Hall–Kier alpha value is -2.28. The molecular weight excluding hydrogens is 231 g/mol. The summed E-state index contributed by atoms with van der Waals surface area (Å²) in [4.78, 5) is 1.86. The molecule has 0 saturated heterocycles. The van der Waals surface area contributed by atoms with Gasteiger partial charge in [0.05, 0.1) is 30.1 Å². The summed E-state index contributed by atoms with van der Waals surface area (Å²) in [6, 6.07) is 10.1. The van der Waals surface area contributed by atoms with E-state index in [0.29, 0.717) is 24.3 Å². The topological polar surface area (TPSA) is 40.2 Å². The molecule has 0 saturated carbocycles. The van der Waals surface area contributed by atoms with E-state index in [1.807, 2.05) is 24.0 Å². The maximum atomic E-state index is 13.9. The average molecular weight is 244 g/mol. The number of hydrogen-bond acceptors (Lipinski definition) is 3. The Bertz CT molecular complexity index is 558. The van der Waals surface area contributed by atoms with E-state index in [-0.39, 0.29) is 5.82 Å². The largest absolute Gasteiger partial charge is 0.467 e. The summed E-state index contributed by atoms with van der Waals surface area (Å²) in [6.45, 7) is 3.11. The molecule has 0 aliphatic rings. The molecule has 2 rings (SSSR count). The van der Waals surface area contributed by atoms with Gasteiger partial charge in [-0.05, 0) is 37.3 Å². The standard InChI is InChI=1S/C14H13FN2O/c1-2-17(10-12-4-3-7-18-12)14-6-5-11(9-16)8-13(14)15/h3-8H,2,10H2,1H3. The van der Waals surface area contributed by atoms with Crippen molar-refractivity contribution in [2.75, 3.05) is 11.4 Å². The van der Waals surface area contributed by atoms with Crippen molar-refractivity contribution in [3.8, 4) is 6.07 Å². The molecule has 0 spiro atoms. The van der Waals surface area contributed by atoms with E-state index in [1.54, 1.807) is 24.5 Å². The van der Waals surface area contributed by atoms with Gasteiger partial charge < -0.3 is 9.32 Å². The third-order valence-electron chi connectivity index (χ3n) is 2.73. The van der Waals surface area contributed by atoms with Crippen molar-refractivity contribution < 1.29 is 8.81 Å². The van der Waals surface area contributed by atoms with Gasteiger partial charge in [0.15, 0.2) is 0 Å². The van der Waals surface area contributed by atoms with Gasteiger partial charge in [0.2, 0.25) is 0 Å². The Balaban J connectivity index is 2.25. The molecule has 18 heavy (non-hydrogen) atoms. The number of rotatable bonds is 4. The number of furan rings is 1. The molecule has 0 radical (unpaired) electrons. The maximum Gasteiger partial charge on any atom is 0.147 e. The zero-order valence-corrected chi connectivity index (χ0v) is 10.1. The highest BCUT2D eigenvalue weighted by atomic mass is 19.1. The minimum Gasteiger partial charge on any atom is -0.467 e. The third-order valence-corrected chi connectivity index (χ3v) is 2.73. The molecule has 4 heteroatoms. The third kappa shape index (κ3) is 2.51. The molecule has 1 heterocycles. The highest BCUT2D eigenvalue weighted by Crippen LogP contribution is 2.22. The second-order valence-corrected chi connectivity index (χ2v) is 3.87. The monoisotopic (exact) mass is 244 g/mol. The van der Waals surface area contributed by atoms with Crippen LogP contribution in [0, 0.1) is 17.1 Å². The lowest BCUT2D eigenvalue weighted by atomic mass is 10.2. The number of halogens is 1. The predicted molar refractivity (Wildman–Crippen MR) is 66.5 cm³/mol. The molecule has 0 N–H and O–H groups in total. The fourth-order valence-corrected chi connectivity index (χ4v) is 1.79. The van der Waals surface area contributed by atoms with E-state index in [1.165, 1.54) is 6.07 Å². The summed E-state index contributed by atoms with van der Waals surface area (Å²) in [5.74, 6) is 0.392. The summed E-state index contributed by atoms with van der Waals surface area (Å²) in [6.07, 6.45) is 1.60. The maximum absolute atomic E-state index is 13.9. The van der Waals surface area contributed by atoms with E-state index in [4.69, 9.17) is 9.68 Å². The summed E-state index contributed by atoms with van der Waals surface area (Å²) in [5.41, 5.74) is 0.804. The van der Waals surface area contributed by atoms with Crippen LogP contribution in [0.25, 0.3) is 0 Å². The van der Waals surface area contributed by atoms with Gasteiger partial charge in [0, 0.05) is 6.54 Å². The van der Waals surface area contributed by atoms with Crippen LogP contribution in [0.15, 0.2) is 41.0 Å². The highest BCUT2D eigenvalue weighted by molar-refractivity contribution is 5.51. The molecule has 3 nitrogen and oxygen atoms in total. The van der Waals surface area contributed by atoms with Gasteiger partial charge in [-0.2, -0.15) is 5.26 Å². The zero-order chi connectivity index (χ0) is 13.0. The van der Waals surface area contributed by atoms with Crippen LogP contribution >= 0.6 is 0 Å². The molecule has 0 bridgehead atoms. The Morgan fingerprint density at radius 3 is 2.78 bits per heavy atom. The molecule has 1 aromatic carbocycles. The lowest BCUT2D eigenvalue weighted by molar-refractivity contribution is 0.501. The quantitative estimate of drug-likeness (QED) is 0.828. The zero-order valence-electron chi connectivity index (χ0n) is 10.1. The fraction of sp³-hybridized carbons (Fsp3) is 0.214. The second-order valence-electron chi connectivity index (χ2n) is 3.87. The van der Waals surface area contributed by atoms with Gasteiger partial charge in [-0.1, -0.05) is 0 Å². The highest BCUT2D eigenvalue weighted by Gasteiger charge is 2.12. The van der Waals surface area contributed by atoms with E-state index in [0.717, 1.165) is 5.76 Å². The molecule has 0 atom stereocenters. The van der Waals surface area contributed by atoms with Crippen molar-refractivity contribution in [3.05, 3.63) is 53.7 Å². The minimum atomic E-state index is -0.387. The van der Waals surface area contributed by atoms with Crippen molar-refractivity contribution in [2.45, 2.75) is 13.5 Å². The van der Waals surface area contributed by atoms with E-state index in [2.05, 4.69) is 0 Å². The van der Waals surface area contributed by atoms with Gasteiger partial charge in [0.1, 0.15) is 11.6 Å². The average Bonchev–Trinajstić information content (AvgIpc) is 2.89. The van der Waals surface area contributed by atoms with Crippen molar-refractivity contribution in [3.63, 3.8) is 0 Å².